The summed E-state index contributed by atoms with van der Waals surface area (Å²) in [6.45, 7) is 3.61. The second-order valence-electron chi connectivity index (χ2n) is 9.38. The molecular weight excluding hydrogens is 412 g/mol. The van der Waals surface area contributed by atoms with Crippen LogP contribution in [0.25, 0.3) is 11.3 Å². The number of H-pyrrole nitrogens is 1. The molecule has 2 aliphatic rings. The molecule has 0 radical (unpaired) electrons. The summed E-state index contributed by atoms with van der Waals surface area (Å²) >= 11 is 0. The van der Waals surface area contributed by atoms with Crippen molar-refractivity contribution in [1.29, 1.82) is 0 Å². The van der Waals surface area contributed by atoms with Crippen LogP contribution >= 0.6 is 0 Å². The van der Waals surface area contributed by atoms with E-state index in [1.54, 1.807) is 7.11 Å². The molecule has 3 aromatic rings. The van der Waals surface area contributed by atoms with Gasteiger partial charge < -0.3 is 10.1 Å². The molecule has 1 amide bonds. The van der Waals surface area contributed by atoms with Crippen LogP contribution in [0.1, 0.15) is 30.4 Å². The van der Waals surface area contributed by atoms with Crippen molar-refractivity contribution >= 4 is 5.91 Å². The Morgan fingerprint density at radius 1 is 1.12 bits per heavy atom. The average Bonchev–Trinajstić information content (AvgIpc) is 3.36. The highest BCUT2D eigenvalue weighted by Gasteiger charge is 2.58. The molecule has 2 N–H and O–H groups in total. The van der Waals surface area contributed by atoms with Gasteiger partial charge in [-0.2, -0.15) is 5.10 Å². The first kappa shape index (κ1) is 21.7. The smallest absolute Gasteiger partial charge is 0.223 e. The summed E-state index contributed by atoms with van der Waals surface area (Å²) in [6, 6.07) is 18.4. The molecule has 33 heavy (non-hydrogen) atoms. The summed E-state index contributed by atoms with van der Waals surface area (Å²) in [4.78, 5) is 15.3. The maximum Gasteiger partial charge on any atom is 0.223 e. The number of benzene rings is 2. The zero-order chi connectivity index (χ0) is 22.7. The first-order valence-electron chi connectivity index (χ1n) is 11.9. The molecular formula is C27H32N4O2. The van der Waals surface area contributed by atoms with Gasteiger partial charge in [-0.1, -0.05) is 48.5 Å². The van der Waals surface area contributed by atoms with Crippen molar-refractivity contribution in [3.63, 3.8) is 0 Å². The van der Waals surface area contributed by atoms with Crippen LogP contribution < -0.4 is 10.1 Å². The molecule has 6 heteroatoms. The number of amides is 1. The second-order valence-corrected chi connectivity index (χ2v) is 9.38. The molecule has 2 fully saturated rings. The van der Waals surface area contributed by atoms with E-state index in [1.807, 2.05) is 30.5 Å². The molecule has 0 bridgehead atoms. The Hall–Kier alpha value is -3.12. The number of carbonyl (C=O) groups is 1. The number of methoxy groups -OCH3 is 1. The van der Waals surface area contributed by atoms with Gasteiger partial charge in [0.1, 0.15) is 5.75 Å². The van der Waals surface area contributed by atoms with Crippen LogP contribution in [0, 0.1) is 11.3 Å². The minimum Gasteiger partial charge on any atom is -0.496 e. The number of carbonyl (C=O) groups excluding carboxylic acids is 1. The van der Waals surface area contributed by atoms with Crippen molar-refractivity contribution in [2.75, 3.05) is 26.7 Å². The van der Waals surface area contributed by atoms with E-state index in [0.717, 1.165) is 62.3 Å². The zero-order valence-corrected chi connectivity index (χ0v) is 19.2. The van der Waals surface area contributed by atoms with Crippen molar-refractivity contribution in [3.05, 3.63) is 71.9 Å². The van der Waals surface area contributed by atoms with Crippen LogP contribution in [0.15, 0.2) is 60.8 Å². The van der Waals surface area contributed by atoms with E-state index in [2.05, 4.69) is 50.7 Å². The number of nitrogens with one attached hydrogen (secondary N) is 2. The number of rotatable bonds is 8. The van der Waals surface area contributed by atoms with E-state index in [-0.39, 0.29) is 17.2 Å². The molecule has 172 valence electrons. The monoisotopic (exact) mass is 444 g/mol. The van der Waals surface area contributed by atoms with Crippen molar-refractivity contribution in [1.82, 2.24) is 20.4 Å². The predicted molar refractivity (Wildman–Crippen MR) is 129 cm³/mol. The summed E-state index contributed by atoms with van der Waals surface area (Å²) in [7, 11) is 1.69. The summed E-state index contributed by atoms with van der Waals surface area (Å²) in [6.07, 6.45) is 5.95. The van der Waals surface area contributed by atoms with Gasteiger partial charge in [-0.15, -0.1) is 0 Å². The van der Waals surface area contributed by atoms with Crippen LogP contribution in [0.5, 0.6) is 5.75 Å². The molecule has 1 spiro atoms. The minimum absolute atomic E-state index is 0.172. The normalized spacial score (nSPS) is 19.4. The largest absolute Gasteiger partial charge is 0.496 e. The van der Waals surface area contributed by atoms with E-state index >= 15 is 0 Å². The molecule has 1 saturated heterocycles. The van der Waals surface area contributed by atoms with Crippen LogP contribution in [-0.2, 0) is 17.8 Å². The molecule has 1 unspecified atom stereocenters. The molecule has 5 rings (SSSR count). The van der Waals surface area contributed by atoms with E-state index in [9.17, 15) is 4.79 Å². The van der Waals surface area contributed by atoms with Gasteiger partial charge in [0, 0.05) is 24.6 Å². The lowest BCUT2D eigenvalue weighted by molar-refractivity contribution is -0.123. The Morgan fingerprint density at radius 3 is 2.67 bits per heavy atom. The summed E-state index contributed by atoms with van der Waals surface area (Å²) in [5.74, 6) is 1.28. The number of aromatic nitrogens is 2. The lowest BCUT2D eigenvalue weighted by Crippen LogP contribution is -2.37. The Balaban J connectivity index is 1.10. The second kappa shape index (κ2) is 9.40. The summed E-state index contributed by atoms with van der Waals surface area (Å²) < 4.78 is 5.41. The molecule has 1 aromatic heterocycles. The molecule has 1 saturated carbocycles. The Morgan fingerprint density at radius 2 is 1.88 bits per heavy atom. The third kappa shape index (κ3) is 4.67. The fourth-order valence-electron chi connectivity index (χ4n) is 5.31. The Labute approximate surface area is 195 Å². The van der Waals surface area contributed by atoms with Gasteiger partial charge in [-0.25, -0.2) is 0 Å². The third-order valence-corrected chi connectivity index (χ3v) is 7.42. The fraction of sp³-hybridized carbons (Fsp3) is 0.407. The first-order chi connectivity index (χ1) is 16.2. The zero-order valence-electron chi connectivity index (χ0n) is 19.2. The van der Waals surface area contributed by atoms with Gasteiger partial charge in [0.05, 0.1) is 19.0 Å². The lowest BCUT2D eigenvalue weighted by Gasteiger charge is -2.32. The third-order valence-electron chi connectivity index (χ3n) is 7.42. The Kier molecular flexibility index (Phi) is 6.18. The standard InChI is InChI=1S/C27H32N4O2/c1-33-24-10-6-5-7-20(24)11-14-28-26(32)23-17-27(23)12-15-31(16-13-27)19-22-18-29-30-25(22)21-8-3-2-4-9-21/h2-10,18,23H,11-17,19H2,1H3,(H,28,32)(H,29,30). The average molecular weight is 445 g/mol. The number of ether oxygens (including phenoxy) is 1. The maximum absolute atomic E-state index is 12.8. The topological polar surface area (TPSA) is 70.2 Å². The maximum atomic E-state index is 12.8. The highest BCUT2D eigenvalue weighted by atomic mass is 16.5. The van der Waals surface area contributed by atoms with Gasteiger partial charge >= 0.3 is 0 Å². The molecule has 1 aliphatic heterocycles. The van der Waals surface area contributed by atoms with Crippen LogP contribution in [0.2, 0.25) is 0 Å². The molecule has 6 nitrogen and oxygen atoms in total. The number of likely N-dealkylation sites (tertiary alicyclic amines) is 1. The fourth-order valence-corrected chi connectivity index (χ4v) is 5.31. The molecule has 1 atom stereocenters. The van der Waals surface area contributed by atoms with E-state index < -0.39 is 0 Å². The van der Waals surface area contributed by atoms with E-state index in [1.165, 1.54) is 11.1 Å². The molecule has 1 aliphatic carbocycles. The lowest BCUT2D eigenvalue weighted by atomic mass is 9.90. The molecule has 2 heterocycles. The van der Waals surface area contributed by atoms with Crippen LogP contribution in [0.4, 0.5) is 0 Å². The highest BCUT2D eigenvalue weighted by Crippen LogP contribution is 2.59. The summed E-state index contributed by atoms with van der Waals surface area (Å²) in [5.41, 5.74) is 4.86. The highest BCUT2D eigenvalue weighted by molar-refractivity contribution is 5.82. The number of nitrogens with zero attached hydrogens (tertiary/aromatic N) is 2. The quantitative estimate of drug-likeness (QED) is 0.550. The van der Waals surface area contributed by atoms with Crippen molar-refractivity contribution in [2.24, 2.45) is 11.3 Å². The van der Waals surface area contributed by atoms with Crippen LogP contribution in [-0.4, -0.2) is 47.7 Å². The van der Waals surface area contributed by atoms with Crippen molar-refractivity contribution < 1.29 is 9.53 Å². The van der Waals surface area contributed by atoms with Crippen LogP contribution in [0.3, 0.4) is 0 Å². The van der Waals surface area contributed by atoms with Gasteiger partial charge in [0.2, 0.25) is 5.91 Å². The van der Waals surface area contributed by atoms with E-state index in [4.69, 9.17) is 4.74 Å². The number of para-hydroxylation sites is 1. The number of hydrogen-bond acceptors (Lipinski definition) is 4. The number of piperidine rings is 1. The van der Waals surface area contributed by atoms with Gasteiger partial charge in [-0.3, -0.25) is 14.8 Å². The van der Waals surface area contributed by atoms with Gasteiger partial charge in [-0.05, 0) is 61.4 Å². The van der Waals surface area contributed by atoms with Gasteiger partial charge in [0.15, 0.2) is 0 Å². The first-order valence-corrected chi connectivity index (χ1v) is 11.9. The molecule has 2 aromatic carbocycles. The minimum atomic E-state index is 0.172. The van der Waals surface area contributed by atoms with Crippen molar-refractivity contribution in [3.8, 4) is 17.0 Å². The SMILES string of the molecule is COc1ccccc1CCNC(=O)C1CC12CCN(Cc1cn[nH]c1-c1ccccc1)CC2. The van der Waals surface area contributed by atoms with Crippen molar-refractivity contribution in [2.45, 2.75) is 32.2 Å². The summed E-state index contributed by atoms with van der Waals surface area (Å²) in [5, 5.41) is 10.6. The predicted octanol–water partition coefficient (Wildman–Crippen LogP) is 4.05. The number of hydrogen-bond donors (Lipinski definition) is 2. The van der Waals surface area contributed by atoms with Gasteiger partial charge in [0.25, 0.3) is 0 Å². The Bertz CT molecular complexity index is 1090. The van der Waals surface area contributed by atoms with E-state index in [0.29, 0.717) is 6.54 Å². The number of aromatic amines is 1.